The molecule has 0 aliphatic carbocycles. The minimum absolute atomic E-state index is 0.204. The Bertz CT molecular complexity index is 990. The van der Waals surface area contributed by atoms with Gasteiger partial charge in [0.05, 0.1) is 22.4 Å². The predicted molar refractivity (Wildman–Crippen MR) is 106 cm³/mol. The van der Waals surface area contributed by atoms with E-state index in [9.17, 15) is 9.59 Å². The van der Waals surface area contributed by atoms with Gasteiger partial charge < -0.3 is 15.4 Å². The minimum Gasteiger partial charge on any atom is -0.445 e. The fourth-order valence-corrected chi connectivity index (χ4v) is 2.59. The lowest BCUT2D eigenvalue weighted by molar-refractivity contribution is 0.0952. The van der Waals surface area contributed by atoms with Crippen LogP contribution in [0.25, 0.3) is 11.0 Å². The first kappa shape index (κ1) is 19.3. The predicted octanol–water partition coefficient (Wildman–Crippen LogP) is 2.90. The van der Waals surface area contributed by atoms with E-state index in [1.807, 2.05) is 44.2 Å². The maximum absolute atomic E-state index is 12.3. The zero-order valence-electron chi connectivity index (χ0n) is 15.9. The third-order valence-corrected chi connectivity index (χ3v) is 4.23. The number of carbonyl (C=O) groups is 2. The van der Waals surface area contributed by atoms with E-state index in [0.717, 1.165) is 22.5 Å². The van der Waals surface area contributed by atoms with Crippen LogP contribution in [0.4, 0.5) is 4.79 Å². The van der Waals surface area contributed by atoms with Crippen molar-refractivity contribution >= 4 is 23.0 Å². The number of nitrogens with zero attached hydrogens (tertiary/aromatic N) is 2. The quantitative estimate of drug-likeness (QED) is 0.644. The number of ether oxygens (including phenoxy) is 1. The number of carbonyl (C=O) groups excluding carboxylic acids is 2. The third kappa shape index (κ3) is 5.03. The van der Waals surface area contributed by atoms with Crippen molar-refractivity contribution in [3.05, 3.63) is 71.0 Å². The topological polar surface area (TPSA) is 93.2 Å². The Morgan fingerprint density at radius 1 is 0.893 bits per heavy atom. The van der Waals surface area contributed by atoms with Crippen molar-refractivity contribution in [3.63, 3.8) is 0 Å². The van der Waals surface area contributed by atoms with Crippen LogP contribution < -0.4 is 10.6 Å². The highest BCUT2D eigenvalue weighted by molar-refractivity contribution is 5.97. The summed E-state index contributed by atoms with van der Waals surface area (Å²) in [5.41, 5.74) is 4.55. The molecule has 0 aliphatic rings. The molecule has 0 aliphatic heterocycles. The van der Waals surface area contributed by atoms with E-state index >= 15 is 0 Å². The van der Waals surface area contributed by atoms with Gasteiger partial charge in [-0.05, 0) is 37.6 Å². The summed E-state index contributed by atoms with van der Waals surface area (Å²) in [5.74, 6) is -0.235. The smallest absolute Gasteiger partial charge is 0.407 e. The summed E-state index contributed by atoms with van der Waals surface area (Å²) in [6, 6.07) is 14.6. The van der Waals surface area contributed by atoms with E-state index in [-0.39, 0.29) is 25.6 Å². The molecular weight excluding hydrogens is 356 g/mol. The minimum atomic E-state index is -0.523. The van der Waals surface area contributed by atoms with Crippen molar-refractivity contribution in [2.75, 3.05) is 13.1 Å². The first-order valence-corrected chi connectivity index (χ1v) is 9.00. The molecule has 0 fully saturated rings. The summed E-state index contributed by atoms with van der Waals surface area (Å²) >= 11 is 0. The van der Waals surface area contributed by atoms with Gasteiger partial charge in [-0.25, -0.2) is 14.8 Å². The molecule has 144 valence electrons. The molecular formula is C21H22N4O3. The number of aromatic nitrogens is 2. The summed E-state index contributed by atoms with van der Waals surface area (Å²) < 4.78 is 5.11. The number of aryl methyl sites for hydroxylation is 2. The van der Waals surface area contributed by atoms with E-state index < -0.39 is 6.09 Å². The zero-order valence-corrected chi connectivity index (χ0v) is 15.9. The lowest BCUT2D eigenvalue weighted by Crippen LogP contribution is -2.34. The summed E-state index contributed by atoms with van der Waals surface area (Å²) in [4.78, 5) is 32.9. The fourth-order valence-electron chi connectivity index (χ4n) is 2.59. The van der Waals surface area contributed by atoms with Crippen LogP contribution in [-0.2, 0) is 11.3 Å². The van der Waals surface area contributed by atoms with E-state index in [1.165, 1.54) is 0 Å². The normalized spacial score (nSPS) is 10.5. The van der Waals surface area contributed by atoms with E-state index in [4.69, 9.17) is 4.74 Å². The van der Waals surface area contributed by atoms with Gasteiger partial charge in [-0.2, -0.15) is 0 Å². The number of nitrogens with one attached hydrogen (secondary N) is 2. The molecule has 3 aromatic rings. The van der Waals surface area contributed by atoms with Gasteiger partial charge in [0.1, 0.15) is 6.61 Å². The molecule has 1 aromatic heterocycles. The van der Waals surface area contributed by atoms with Crippen molar-refractivity contribution in [1.82, 2.24) is 20.6 Å². The summed E-state index contributed by atoms with van der Waals surface area (Å²) in [7, 11) is 0. The highest BCUT2D eigenvalue weighted by Crippen LogP contribution is 2.14. The molecule has 2 aromatic carbocycles. The van der Waals surface area contributed by atoms with Crippen LogP contribution in [0.5, 0.6) is 0 Å². The summed E-state index contributed by atoms with van der Waals surface area (Å²) in [6.45, 7) is 4.55. The molecule has 0 atom stereocenters. The Balaban J connectivity index is 1.44. The molecule has 2 amide bonds. The van der Waals surface area contributed by atoms with Crippen LogP contribution in [-0.4, -0.2) is 35.1 Å². The molecule has 7 nitrogen and oxygen atoms in total. The highest BCUT2D eigenvalue weighted by atomic mass is 16.5. The van der Waals surface area contributed by atoms with Gasteiger partial charge in [-0.15, -0.1) is 0 Å². The number of amides is 2. The fraction of sp³-hybridized carbons (Fsp3) is 0.238. The number of benzene rings is 2. The van der Waals surface area contributed by atoms with E-state index in [2.05, 4.69) is 20.6 Å². The van der Waals surface area contributed by atoms with Gasteiger partial charge in [-0.1, -0.05) is 30.3 Å². The Morgan fingerprint density at radius 3 is 2.32 bits per heavy atom. The molecule has 7 heteroatoms. The van der Waals surface area contributed by atoms with Crippen molar-refractivity contribution in [2.24, 2.45) is 0 Å². The van der Waals surface area contributed by atoms with Crippen molar-refractivity contribution in [3.8, 4) is 0 Å². The second-order valence-corrected chi connectivity index (χ2v) is 6.34. The third-order valence-electron chi connectivity index (χ3n) is 4.23. The standard InChI is InChI=1S/C21H22N4O3/c1-14-15(2)25-19-12-17(8-9-18(19)24-14)20(26)22-10-11-23-21(27)28-13-16-6-4-3-5-7-16/h3-9,12H,10-11,13H2,1-2H3,(H,22,26)(H,23,27). The van der Waals surface area contributed by atoms with Gasteiger partial charge >= 0.3 is 6.09 Å². The Hall–Kier alpha value is -3.48. The van der Waals surface area contributed by atoms with E-state index in [0.29, 0.717) is 11.1 Å². The van der Waals surface area contributed by atoms with Gasteiger partial charge in [-0.3, -0.25) is 4.79 Å². The SMILES string of the molecule is Cc1nc2ccc(C(=O)NCCNC(=O)OCc3ccccc3)cc2nc1C. The summed E-state index contributed by atoms with van der Waals surface area (Å²) in [6.07, 6.45) is -0.523. The number of fused-ring (bicyclic) bond motifs is 1. The van der Waals surface area contributed by atoms with Gasteiger partial charge in [0, 0.05) is 18.7 Å². The lowest BCUT2D eigenvalue weighted by atomic mass is 10.1. The van der Waals surface area contributed by atoms with Crippen LogP contribution in [0.15, 0.2) is 48.5 Å². The Kier molecular flexibility index (Phi) is 6.16. The monoisotopic (exact) mass is 378 g/mol. The average molecular weight is 378 g/mol. The second kappa shape index (κ2) is 8.94. The number of rotatable bonds is 6. The van der Waals surface area contributed by atoms with Crippen LogP contribution in [0.1, 0.15) is 27.3 Å². The molecule has 0 bridgehead atoms. The first-order valence-electron chi connectivity index (χ1n) is 9.00. The zero-order chi connectivity index (χ0) is 19.9. The van der Waals surface area contributed by atoms with Crippen LogP contribution in [0.3, 0.4) is 0 Å². The molecule has 0 unspecified atom stereocenters. The first-order chi connectivity index (χ1) is 13.5. The molecule has 0 radical (unpaired) electrons. The molecule has 3 rings (SSSR count). The lowest BCUT2D eigenvalue weighted by Gasteiger charge is -2.09. The summed E-state index contributed by atoms with van der Waals surface area (Å²) in [5, 5.41) is 5.37. The second-order valence-electron chi connectivity index (χ2n) is 6.34. The van der Waals surface area contributed by atoms with Gasteiger partial charge in [0.25, 0.3) is 5.91 Å². The largest absolute Gasteiger partial charge is 0.445 e. The number of hydrogen-bond acceptors (Lipinski definition) is 5. The molecule has 0 spiro atoms. The van der Waals surface area contributed by atoms with Crippen LogP contribution >= 0.6 is 0 Å². The maximum atomic E-state index is 12.3. The number of alkyl carbamates (subject to hydrolysis) is 1. The average Bonchev–Trinajstić information content (AvgIpc) is 2.71. The van der Waals surface area contributed by atoms with Gasteiger partial charge in [0.2, 0.25) is 0 Å². The van der Waals surface area contributed by atoms with Crippen LogP contribution in [0.2, 0.25) is 0 Å². The van der Waals surface area contributed by atoms with Crippen LogP contribution in [0, 0.1) is 13.8 Å². The highest BCUT2D eigenvalue weighted by Gasteiger charge is 2.09. The van der Waals surface area contributed by atoms with Crippen molar-refractivity contribution in [1.29, 1.82) is 0 Å². The molecule has 0 saturated carbocycles. The van der Waals surface area contributed by atoms with Gasteiger partial charge in [0.15, 0.2) is 0 Å². The Labute approximate surface area is 163 Å². The molecule has 0 saturated heterocycles. The number of hydrogen-bond donors (Lipinski definition) is 2. The van der Waals surface area contributed by atoms with Crippen molar-refractivity contribution < 1.29 is 14.3 Å². The van der Waals surface area contributed by atoms with Crippen molar-refractivity contribution in [2.45, 2.75) is 20.5 Å². The molecule has 28 heavy (non-hydrogen) atoms. The van der Waals surface area contributed by atoms with E-state index in [1.54, 1.807) is 18.2 Å². The molecule has 1 heterocycles. The maximum Gasteiger partial charge on any atom is 0.407 e. The molecule has 2 N–H and O–H groups in total. The Morgan fingerprint density at radius 2 is 1.57 bits per heavy atom.